The summed E-state index contributed by atoms with van der Waals surface area (Å²) in [4.78, 5) is 35.8. The first-order chi connectivity index (χ1) is 11.7. The van der Waals surface area contributed by atoms with Crippen LogP contribution < -0.4 is 5.32 Å². The quantitative estimate of drug-likeness (QED) is 0.578. The number of amides is 2. The molecule has 1 fully saturated rings. The van der Waals surface area contributed by atoms with Crippen molar-refractivity contribution in [2.24, 2.45) is 0 Å². The number of carbonyl (C=O) groups is 3. The van der Waals surface area contributed by atoms with E-state index in [2.05, 4.69) is 5.32 Å². The highest BCUT2D eigenvalue weighted by Crippen LogP contribution is 2.47. The summed E-state index contributed by atoms with van der Waals surface area (Å²) in [7, 11) is -4.04. The molecule has 8 nitrogen and oxygen atoms in total. The Morgan fingerprint density at radius 1 is 1.24 bits per heavy atom. The Hall–Kier alpha value is -2.68. The number of β-lactam (4-membered cyclic amide) rings is 1. The van der Waals surface area contributed by atoms with E-state index in [9.17, 15) is 27.9 Å². The third kappa shape index (κ3) is 2.34. The van der Waals surface area contributed by atoms with Crippen LogP contribution in [0, 0.1) is 6.92 Å². The zero-order valence-corrected chi connectivity index (χ0v) is 14.3. The van der Waals surface area contributed by atoms with E-state index in [1.807, 2.05) is 6.92 Å². The van der Waals surface area contributed by atoms with Crippen LogP contribution in [0.15, 0.2) is 35.5 Å². The van der Waals surface area contributed by atoms with E-state index in [1.54, 1.807) is 24.3 Å². The van der Waals surface area contributed by atoms with Crippen molar-refractivity contribution in [1.29, 1.82) is 0 Å². The van der Waals surface area contributed by atoms with E-state index >= 15 is 0 Å². The maximum Gasteiger partial charge on any atom is 0.352 e. The van der Waals surface area contributed by atoms with Gasteiger partial charge in [-0.15, -0.1) is 0 Å². The minimum atomic E-state index is -4.04. The molecular formula is C16H16N2O6S. The maximum atomic E-state index is 12.9. The van der Waals surface area contributed by atoms with E-state index in [0.29, 0.717) is 5.56 Å². The second-order valence-electron chi connectivity index (χ2n) is 6.08. The molecule has 25 heavy (non-hydrogen) atoms. The van der Waals surface area contributed by atoms with Crippen molar-refractivity contribution in [2.45, 2.75) is 30.5 Å². The number of nitrogens with zero attached hydrogens (tertiary/aromatic N) is 1. The predicted octanol–water partition coefficient (Wildman–Crippen LogP) is 0.106. The number of hydrogen-bond donors (Lipinski definition) is 2. The van der Waals surface area contributed by atoms with E-state index in [-0.39, 0.29) is 12.0 Å². The van der Waals surface area contributed by atoms with Crippen LogP contribution in [0.4, 0.5) is 0 Å². The van der Waals surface area contributed by atoms with Crippen molar-refractivity contribution in [3.63, 3.8) is 0 Å². The van der Waals surface area contributed by atoms with Crippen LogP contribution >= 0.6 is 0 Å². The van der Waals surface area contributed by atoms with Crippen molar-refractivity contribution in [3.05, 3.63) is 46.7 Å². The second kappa shape index (κ2) is 5.69. The summed E-state index contributed by atoms with van der Waals surface area (Å²) in [5.74, 6) is -2.99. The molecule has 0 aromatic heterocycles. The molecule has 0 saturated carbocycles. The first-order valence-corrected chi connectivity index (χ1v) is 9.09. The molecule has 1 aromatic rings. The molecule has 2 amide bonds. The molecule has 2 unspecified atom stereocenters. The Bertz CT molecular complexity index is 903. The summed E-state index contributed by atoms with van der Waals surface area (Å²) in [5, 5.41) is 8.77. The number of carboxylic acids is 1. The van der Waals surface area contributed by atoms with Crippen LogP contribution in [-0.2, 0) is 24.2 Å². The highest BCUT2D eigenvalue weighted by Gasteiger charge is 2.62. The summed E-state index contributed by atoms with van der Waals surface area (Å²) in [5.41, 5.74) is 0.954. The van der Waals surface area contributed by atoms with Crippen LogP contribution in [0.1, 0.15) is 24.0 Å². The van der Waals surface area contributed by atoms with Gasteiger partial charge in [-0.05, 0) is 25.0 Å². The molecule has 0 radical (unpaired) electrons. The molecular weight excluding hydrogens is 348 g/mol. The molecule has 1 saturated heterocycles. The van der Waals surface area contributed by atoms with E-state index in [4.69, 9.17) is 0 Å². The third-order valence-electron chi connectivity index (χ3n) is 4.57. The van der Waals surface area contributed by atoms with Crippen molar-refractivity contribution >= 4 is 28.1 Å². The monoisotopic (exact) mass is 364 g/mol. The van der Waals surface area contributed by atoms with Gasteiger partial charge < -0.3 is 10.4 Å². The zero-order chi connectivity index (χ0) is 18.5. The molecule has 2 heterocycles. The minimum absolute atomic E-state index is 0.0912. The van der Waals surface area contributed by atoms with Gasteiger partial charge in [0, 0.05) is 0 Å². The summed E-state index contributed by atoms with van der Waals surface area (Å²) < 4.78 is 25.8. The maximum absolute atomic E-state index is 12.9. The number of carboxylic acid groups (broad SMARTS) is 1. The summed E-state index contributed by atoms with van der Waals surface area (Å²) in [6.07, 6.45) is 0.211. The molecule has 1 aromatic carbocycles. The summed E-state index contributed by atoms with van der Waals surface area (Å²) in [6.45, 7) is 3.14. The average Bonchev–Trinajstić information content (AvgIpc) is 2.54. The number of rotatable bonds is 4. The second-order valence-corrected chi connectivity index (χ2v) is 8.21. The topological polar surface area (TPSA) is 121 Å². The first kappa shape index (κ1) is 17.2. The highest BCUT2D eigenvalue weighted by molar-refractivity contribution is 7.93. The summed E-state index contributed by atoms with van der Waals surface area (Å²) >= 11 is 0. The molecule has 0 spiro atoms. The number of fused-ring (bicyclic) bond motifs is 1. The lowest BCUT2D eigenvalue weighted by atomic mass is 9.88. The van der Waals surface area contributed by atoms with Gasteiger partial charge in [0.15, 0.2) is 20.6 Å². The molecule has 2 aliphatic rings. The average molecular weight is 364 g/mol. The fourth-order valence-corrected chi connectivity index (χ4v) is 5.66. The standard InChI is InChI=1S/C16H16N2O6S/c1-8-3-5-10(6-4-8)11-14(20)18-12(16(21)22)9(2)13(17-7-19)25(23,24)15(11)18/h3-7,11,13,15H,1-2H3,(H,17,19)(H,21,22)/t11?,13?,15-/m1/s1. The molecule has 132 valence electrons. The number of aliphatic carboxylic acids is 1. The van der Waals surface area contributed by atoms with Crippen molar-refractivity contribution in [1.82, 2.24) is 10.2 Å². The fraction of sp³-hybridized carbons (Fsp3) is 0.312. The largest absolute Gasteiger partial charge is 0.477 e. The van der Waals surface area contributed by atoms with Crippen LogP contribution in [-0.4, -0.2) is 47.5 Å². The lowest BCUT2D eigenvalue weighted by molar-refractivity contribution is -0.148. The number of nitrogens with one attached hydrogen (secondary N) is 1. The Kier molecular flexibility index (Phi) is 3.91. The van der Waals surface area contributed by atoms with Gasteiger partial charge in [-0.2, -0.15) is 0 Å². The molecule has 3 atom stereocenters. The van der Waals surface area contributed by atoms with Crippen molar-refractivity contribution in [3.8, 4) is 0 Å². The molecule has 3 rings (SSSR count). The van der Waals surface area contributed by atoms with E-state index < -0.39 is 44.1 Å². The molecule has 2 N–H and O–H groups in total. The first-order valence-electron chi connectivity index (χ1n) is 7.48. The number of hydrogen-bond acceptors (Lipinski definition) is 5. The van der Waals surface area contributed by atoms with Crippen LogP contribution in [0.2, 0.25) is 0 Å². The fourth-order valence-electron chi connectivity index (χ4n) is 3.37. The molecule has 0 bridgehead atoms. The Labute approximate surface area is 144 Å². The van der Waals surface area contributed by atoms with Gasteiger partial charge in [0.25, 0.3) is 0 Å². The number of sulfone groups is 1. The molecule has 0 aliphatic carbocycles. The number of aryl methyl sites for hydroxylation is 1. The van der Waals surface area contributed by atoms with Gasteiger partial charge in [0.1, 0.15) is 5.70 Å². The Morgan fingerprint density at radius 2 is 1.84 bits per heavy atom. The predicted molar refractivity (Wildman–Crippen MR) is 86.8 cm³/mol. The van der Waals surface area contributed by atoms with Gasteiger partial charge in [-0.3, -0.25) is 14.5 Å². The number of benzene rings is 1. The lowest BCUT2D eigenvalue weighted by Gasteiger charge is -2.50. The van der Waals surface area contributed by atoms with Crippen molar-refractivity contribution < 1.29 is 27.9 Å². The normalized spacial score (nSPS) is 27.4. The zero-order valence-electron chi connectivity index (χ0n) is 13.5. The Balaban J connectivity index is 2.15. The van der Waals surface area contributed by atoms with Gasteiger partial charge in [0.2, 0.25) is 12.3 Å². The molecule has 2 aliphatic heterocycles. The molecule has 9 heteroatoms. The van der Waals surface area contributed by atoms with Gasteiger partial charge >= 0.3 is 5.97 Å². The smallest absolute Gasteiger partial charge is 0.352 e. The van der Waals surface area contributed by atoms with Crippen LogP contribution in [0.25, 0.3) is 0 Å². The Morgan fingerprint density at radius 3 is 2.36 bits per heavy atom. The van der Waals surface area contributed by atoms with Gasteiger partial charge in [-0.25, -0.2) is 13.2 Å². The van der Waals surface area contributed by atoms with E-state index in [1.165, 1.54) is 6.92 Å². The van der Waals surface area contributed by atoms with Crippen LogP contribution in [0.5, 0.6) is 0 Å². The lowest BCUT2D eigenvalue weighted by Crippen LogP contribution is -2.68. The van der Waals surface area contributed by atoms with Gasteiger partial charge in [-0.1, -0.05) is 29.8 Å². The van der Waals surface area contributed by atoms with Gasteiger partial charge in [0.05, 0.1) is 5.92 Å². The highest BCUT2D eigenvalue weighted by atomic mass is 32.2. The summed E-state index contributed by atoms with van der Waals surface area (Å²) in [6, 6.07) is 6.80. The van der Waals surface area contributed by atoms with E-state index in [0.717, 1.165) is 10.5 Å². The third-order valence-corrected chi connectivity index (χ3v) is 6.88. The SMILES string of the molecule is CC1=C(C(=O)O)N2C(=O)C(c3ccc(C)cc3)[C@H]2S(=O)(=O)C1NC=O. The van der Waals surface area contributed by atoms with Crippen LogP contribution in [0.3, 0.4) is 0 Å². The minimum Gasteiger partial charge on any atom is -0.477 e. The van der Waals surface area contributed by atoms with Crippen molar-refractivity contribution in [2.75, 3.05) is 0 Å². The number of carbonyl (C=O) groups excluding carboxylic acids is 2.